The highest BCUT2D eigenvalue weighted by molar-refractivity contribution is 8.93. The van der Waals surface area contributed by atoms with Crippen molar-refractivity contribution in [2.24, 2.45) is 5.73 Å². The van der Waals surface area contributed by atoms with E-state index in [0.29, 0.717) is 0 Å². The van der Waals surface area contributed by atoms with E-state index >= 15 is 0 Å². The van der Waals surface area contributed by atoms with Gasteiger partial charge in [-0.1, -0.05) is 27.2 Å². The zero-order chi connectivity index (χ0) is 7.33. The topological polar surface area (TPSA) is 26.0 Å². The smallest absolute Gasteiger partial charge is 0.0149 e. The molecule has 0 fully saturated rings. The van der Waals surface area contributed by atoms with Crippen LogP contribution in [0.2, 0.25) is 0 Å². The molecule has 0 aromatic heterocycles. The van der Waals surface area contributed by atoms with Gasteiger partial charge in [0.05, 0.1) is 0 Å². The Balaban J connectivity index is 0. The van der Waals surface area contributed by atoms with Crippen LogP contribution in [0.3, 0.4) is 0 Å². The molecule has 0 saturated carbocycles. The first kappa shape index (κ1) is 13.1. The van der Waals surface area contributed by atoms with Gasteiger partial charge in [0.1, 0.15) is 0 Å². The standard InChI is InChI=1S/C8H19N.BrH/c1-4-7-8(9,5-2)6-3;/h4-7,9H2,1-3H3;1H. The number of hydrogen-bond acceptors (Lipinski definition) is 1. The Bertz CT molecular complexity index is 69.7. The molecule has 10 heavy (non-hydrogen) atoms. The number of rotatable bonds is 4. The predicted molar refractivity (Wildman–Crippen MR) is 52.7 cm³/mol. The molecule has 0 unspecified atom stereocenters. The third kappa shape index (κ3) is 4.29. The Morgan fingerprint density at radius 1 is 1.10 bits per heavy atom. The highest BCUT2D eigenvalue weighted by Gasteiger charge is 2.17. The molecule has 2 N–H and O–H groups in total. The molecule has 0 rings (SSSR count). The van der Waals surface area contributed by atoms with E-state index in [-0.39, 0.29) is 22.5 Å². The van der Waals surface area contributed by atoms with Gasteiger partial charge in [-0.3, -0.25) is 0 Å². The largest absolute Gasteiger partial charge is 0.325 e. The normalized spacial score (nSPS) is 10.8. The summed E-state index contributed by atoms with van der Waals surface area (Å²) < 4.78 is 0. The molecule has 0 bridgehead atoms. The molecule has 0 aliphatic carbocycles. The minimum Gasteiger partial charge on any atom is -0.325 e. The molecule has 0 aromatic rings. The van der Waals surface area contributed by atoms with Crippen LogP contribution in [-0.2, 0) is 0 Å². The molecule has 0 spiro atoms. The first-order chi connectivity index (χ1) is 4.18. The maximum atomic E-state index is 6.01. The molecule has 0 aliphatic rings. The van der Waals surface area contributed by atoms with E-state index in [1.807, 2.05) is 0 Å². The summed E-state index contributed by atoms with van der Waals surface area (Å²) in [5.74, 6) is 0. The average molecular weight is 210 g/mol. The predicted octanol–water partition coefficient (Wildman–Crippen LogP) is 2.88. The van der Waals surface area contributed by atoms with Crippen molar-refractivity contribution >= 4 is 17.0 Å². The van der Waals surface area contributed by atoms with Crippen LogP contribution in [-0.4, -0.2) is 5.54 Å². The first-order valence-electron chi connectivity index (χ1n) is 3.97. The van der Waals surface area contributed by atoms with Gasteiger partial charge < -0.3 is 5.73 Å². The lowest BCUT2D eigenvalue weighted by atomic mass is 9.89. The second-order valence-corrected chi connectivity index (χ2v) is 2.82. The Hall–Kier alpha value is 0.440. The van der Waals surface area contributed by atoms with Crippen molar-refractivity contribution in [1.82, 2.24) is 0 Å². The van der Waals surface area contributed by atoms with Crippen LogP contribution in [0, 0.1) is 0 Å². The highest BCUT2D eigenvalue weighted by Crippen LogP contribution is 2.16. The quantitative estimate of drug-likeness (QED) is 0.758. The van der Waals surface area contributed by atoms with Crippen LogP contribution in [0.15, 0.2) is 0 Å². The fraction of sp³-hybridized carbons (Fsp3) is 1.00. The van der Waals surface area contributed by atoms with Crippen molar-refractivity contribution in [3.05, 3.63) is 0 Å². The molecular weight excluding hydrogens is 190 g/mol. The molecule has 2 heteroatoms. The summed E-state index contributed by atoms with van der Waals surface area (Å²) in [6.07, 6.45) is 4.59. The maximum Gasteiger partial charge on any atom is 0.0149 e. The summed E-state index contributed by atoms with van der Waals surface area (Å²) in [6, 6.07) is 0. The summed E-state index contributed by atoms with van der Waals surface area (Å²) in [5.41, 5.74) is 6.14. The van der Waals surface area contributed by atoms with Crippen molar-refractivity contribution in [2.75, 3.05) is 0 Å². The van der Waals surface area contributed by atoms with E-state index in [4.69, 9.17) is 5.73 Å². The van der Waals surface area contributed by atoms with Gasteiger partial charge in [0.15, 0.2) is 0 Å². The fourth-order valence-electron chi connectivity index (χ4n) is 1.10. The average Bonchev–Trinajstić information content (AvgIpc) is 1.89. The van der Waals surface area contributed by atoms with Gasteiger partial charge in [0.2, 0.25) is 0 Å². The van der Waals surface area contributed by atoms with Crippen LogP contribution < -0.4 is 5.73 Å². The maximum absolute atomic E-state index is 6.01. The Kier molecular flexibility index (Phi) is 8.06. The summed E-state index contributed by atoms with van der Waals surface area (Å²) in [7, 11) is 0. The minimum atomic E-state index is 0. The van der Waals surface area contributed by atoms with Gasteiger partial charge in [-0.2, -0.15) is 0 Å². The third-order valence-corrected chi connectivity index (χ3v) is 2.16. The second kappa shape index (κ2) is 6.17. The Morgan fingerprint density at radius 3 is 1.60 bits per heavy atom. The molecule has 0 radical (unpaired) electrons. The summed E-state index contributed by atoms with van der Waals surface area (Å²) in [6.45, 7) is 6.52. The van der Waals surface area contributed by atoms with E-state index in [1.54, 1.807) is 0 Å². The van der Waals surface area contributed by atoms with Gasteiger partial charge in [-0.25, -0.2) is 0 Å². The van der Waals surface area contributed by atoms with Crippen molar-refractivity contribution in [3.63, 3.8) is 0 Å². The third-order valence-electron chi connectivity index (χ3n) is 2.16. The van der Waals surface area contributed by atoms with Crippen molar-refractivity contribution in [2.45, 2.75) is 52.0 Å². The van der Waals surface area contributed by atoms with Gasteiger partial charge in [-0.15, -0.1) is 17.0 Å². The lowest BCUT2D eigenvalue weighted by Gasteiger charge is -2.25. The van der Waals surface area contributed by atoms with E-state index in [2.05, 4.69) is 20.8 Å². The zero-order valence-corrected chi connectivity index (χ0v) is 9.03. The van der Waals surface area contributed by atoms with Gasteiger partial charge >= 0.3 is 0 Å². The lowest BCUT2D eigenvalue weighted by Crippen LogP contribution is -2.37. The van der Waals surface area contributed by atoms with Crippen LogP contribution in [0.1, 0.15) is 46.5 Å². The molecular formula is C8H20BrN. The summed E-state index contributed by atoms with van der Waals surface area (Å²) >= 11 is 0. The van der Waals surface area contributed by atoms with Gasteiger partial charge in [0.25, 0.3) is 0 Å². The van der Waals surface area contributed by atoms with E-state index in [1.165, 1.54) is 12.8 Å². The van der Waals surface area contributed by atoms with Crippen LogP contribution in [0.4, 0.5) is 0 Å². The summed E-state index contributed by atoms with van der Waals surface area (Å²) in [5, 5.41) is 0. The minimum absolute atomic E-state index is 0. The zero-order valence-electron chi connectivity index (χ0n) is 7.31. The van der Waals surface area contributed by atoms with Crippen molar-refractivity contribution < 1.29 is 0 Å². The molecule has 0 atom stereocenters. The molecule has 0 saturated heterocycles. The van der Waals surface area contributed by atoms with E-state index < -0.39 is 0 Å². The Labute approximate surface area is 75.1 Å². The fourth-order valence-corrected chi connectivity index (χ4v) is 1.10. The number of halogens is 1. The summed E-state index contributed by atoms with van der Waals surface area (Å²) in [4.78, 5) is 0. The molecule has 0 aliphatic heterocycles. The monoisotopic (exact) mass is 209 g/mol. The van der Waals surface area contributed by atoms with Gasteiger partial charge in [-0.05, 0) is 19.3 Å². The Morgan fingerprint density at radius 2 is 1.50 bits per heavy atom. The molecule has 64 valence electrons. The highest BCUT2D eigenvalue weighted by atomic mass is 79.9. The van der Waals surface area contributed by atoms with E-state index in [0.717, 1.165) is 12.8 Å². The molecule has 1 nitrogen and oxygen atoms in total. The molecule has 0 aromatic carbocycles. The van der Waals surface area contributed by atoms with Crippen LogP contribution in [0.5, 0.6) is 0 Å². The van der Waals surface area contributed by atoms with E-state index in [9.17, 15) is 0 Å². The van der Waals surface area contributed by atoms with Gasteiger partial charge in [0, 0.05) is 5.54 Å². The lowest BCUT2D eigenvalue weighted by molar-refractivity contribution is 0.363. The number of hydrogen-bond donors (Lipinski definition) is 1. The van der Waals surface area contributed by atoms with Crippen LogP contribution in [0.25, 0.3) is 0 Å². The molecule has 0 heterocycles. The molecule has 0 amide bonds. The van der Waals surface area contributed by atoms with Crippen molar-refractivity contribution in [1.29, 1.82) is 0 Å². The van der Waals surface area contributed by atoms with Crippen molar-refractivity contribution in [3.8, 4) is 0 Å². The van der Waals surface area contributed by atoms with Crippen LogP contribution >= 0.6 is 17.0 Å². The second-order valence-electron chi connectivity index (χ2n) is 2.82. The SMILES string of the molecule is Br.CCCC(N)(CC)CC. The number of nitrogens with two attached hydrogens (primary N) is 1. The first-order valence-corrected chi connectivity index (χ1v) is 3.97.